The van der Waals surface area contributed by atoms with Crippen LogP contribution < -0.4 is 11.3 Å². The average molecular weight is 260 g/mol. The Bertz CT molecular complexity index is 378. The van der Waals surface area contributed by atoms with Gasteiger partial charge in [-0.15, -0.1) is 0 Å². The zero-order chi connectivity index (χ0) is 13.9. The number of benzene rings is 1. The molecule has 1 fully saturated rings. The molecule has 0 aliphatic heterocycles. The zero-order valence-corrected chi connectivity index (χ0v) is 12.5. The van der Waals surface area contributed by atoms with E-state index in [0.29, 0.717) is 12.0 Å². The molecule has 0 saturated heterocycles. The maximum atomic E-state index is 5.91. The summed E-state index contributed by atoms with van der Waals surface area (Å²) in [6.45, 7) is 6.99. The fourth-order valence-corrected chi connectivity index (χ4v) is 3.60. The van der Waals surface area contributed by atoms with E-state index in [9.17, 15) is 0 Å². The van der Waals surface area contributed by atoms with Gasteiger partial charge in [0.05, 0.1) is 0 Å². The van der Waals surface area contributed by atoms with Gasteiger partial charge >= 0.3 is 0 Å². The van der Waals surface area contributed by atoms with Gasteiger partial charge in [0.1, 0.15) is 0 Å². The Morgan fingerprint density at radius 3 is 2.21 bits per heavy atom. The first-order valence-corrected chi connectivity index (χ1v) is 7.57. The maximum absolute atomic E-state index is 5.91. The molecular weight excluding hydrogens is 232 g/mol. The van der Waals surface area contributed by atoms with E-state index < -0.39 is 0 Å². The Balaban J connectivity index is 2.16. The second-order valence-corrected chi connectivity index (χ2v) is 6.75. The van der Waals surface area contributed by atoms with E-state index in [2.05, 4.69) is 56.5 Å². The number of nitrogens with two attached hydrogens (primary N) is 1. The highest BCUT2D eigenvalue weighted by atomic mass is 15.2. The Morgan fingerprint density at radius 1 is 1.11 bits per heavy atom. The van der Waals surface area contributed by atoms with Crippen LogP contribution in [0, 0.1) is 11.8 Å². The van der Waals surface area contributed by atoms with Gasteiger partial charge in [-0.1, -0.05) is 63.9 Å². The van der Waals surface area contributed by atoms with Crippen LogP contribution in [0.4, 0.5) is 0 Å². The van der Waals surface area contributed by atoms with E-state index >= 15 is 0 Å². The third-order valence-corrected chi connectivity index (χ3v) is 5.01. The normalized spacial score (nSPS) is 26.1. The van der Waals surface area contributed by atoms with E-state index in [1.807, 2.05) is 0 Å². The van der Waals surface area contributed by atoms with Crippen molar-refractivity contribution in [3.63, 3.8) is 0 Å². The van der Waals surface area contributed by atoms with E-state index in [0.717, 1.165) is 5.92 Å². The lowest BCUT2D eigenvalue weighted by Crippen LogP contribution is -2.53. The molecule has 106 valence electrons. The molecule has 19 heavy (non-hydrogen) atoms. The zero-order valence-electron chi connectivity index (χ0n) is 12.5. The first kappa shape index (κ1) is 14.5. The SMILES string of the molecule is CC1CCC(C(NN)C(C)(C)c2ccccc2)CC1. The van der Waals surface area contributed by atoms with Crippen molar-refractivity contribution in [2.75, 3.05) is 0 Å². The fourth-order valence-electron chi connectivity index (χ4n) is 3.60. The van der Waals surface area contributed by atoms with Crippen molar-refractivity contribution in [3.05, 3.63) is 35.9 Å². The van der Waals surface area contributed by atoms with Crippen LogP contribution in [0.15, 0.2) is 30.3 Å². The molecule has 0 bridgehead atoms. The van der Waals surface area contributed by atoms with E-state index in [1.54, 1.807) is 0 Å². The van der Waals surface area contributed by atoms with Crippen molar-refractivity contribution in [3.8, 4) is 0 Å². The van der Waals surface area contributed by atoms with Gasteiger partial charge in [-0.2, -0.15) is 0 Å². The van der Waals surface area contributed by atoms with Crippen molar-refractivity contribution in [1.82, 2.24) is 5.43 Å². The van der Waals surface area contributed by atoms with Crippen molar-refractivity contribution in [2.24, 2.45) is 17.7 Å². The topological polar surface area (TPSA) is 38.0 Å². The lowest BCUT2D eigenvalue weighted by Gasteiger charge is -2.42. The summed E-state index contributed by atoms with van der Waals surface area (Å²) >= 11 is 0. The molecule has 2 rings (SSSR count). The van der Waals surface area contributed by atoms with Gasteiger partial charge in [0, 0.05) is 11.5 Å². The summed E-state index contributed by atoms with van der Waals surface area (Å²) in [5.41, 5.74) is 4.57. The first-order valence-electron chi connectivity index (χ1n) is 7.57. The van der Waals surface area contributed by atoms with E-state index in [4.69, 9.17) is 5.84 Å². The van der Waals surface area contributed by atoms with Crippen LogP contribution >= 0.6 is 0 Å². The van der Waals surface area contributed by atoms with E-state index in [-0.39, 0.29) is 5.41 Å². The van der Waals surface area contributed by atoms with Crippen LogP contribution in [0.3, 0.4) is 0 Å². The Kier molecular flexibility index (Phi) is 4.64. The molecule has 1 atom stereocenters. The monoisotopic (exact) mass is 260 g/mol. The van der Waals surface area contributed by atoms with Gasteiger partial charge < -0.3 is 0 Å². The molecule has 0 heterocycles. The van der Waals surface area contributed by atoms with Gasteiger partial charge in [0.15, 0.2) is 0 Å². The van der Waals surface area contributed by atoms with Crippen molar-refractivity contribution < 1.29 is 0 Å². The summed E-state index contributed by atoms with van der Waals surface area (Å²) < 4.78 is 0. The Labute approximate surface area is 117 Å². The average Bonchev–Trinajstić information content (AvgIpc) is 2.42. The lowest BCUT2D eigenvalue weighted by atomic mass is 9.68. The molecule has 1 aliphatic carbocycles. The lowest BCUT2D eigenvalue weighted by molar-refractivity contribution is 0.176. The van der Waals surface area contributed by atoms with Crippen LogP contribution in [-0.2, 0) is 5.41 Å². The van der Waals surface area contributed by atoms with Gasteiger partial charge in [0.2, 0.25) is 0 Å². The molecule has 1 saturated carbocycles. The molecule has 1 aliphatic rings. The summed E-state index contributed by atoms with van der Waals surface area (Å²) in [7, 11) is 0. The molecule has 0 aromatic heterocycles. The van der Waals surface area contributed by atoms with Crippen LogP contribution in [0.1, 0.15) is 52.0 Å². The molecule has 1 unspecified atom stereocenters. The minimum atomic E-state index is 0.0707. The van der Waals surface area contributed by atoms with Gasteiger partial charge in [-0.05, 0) is 30.2 Å². The highest BCUT2D eigenvalue weighted by Crippen LogP contribution is 2.38. The second kappa shape index (κ2) is 6.06. The number of hydrogen-bond donors (Lipinski definition) is 2. The molecule has 0 radical (unpaired) electrons. The molecule has 2 heteroatoms. The standard InChI is InChI=1S/C17H28N2/c1-13-9-11-14(12-10-13)16(19-18)17(2,3)15-7-5-4-6-8-15/h4-8,13-14,16,19H,9-12,18H2,1-3H3. The van der Waals surface area contributed by atoms with Gasteiger partial charge in [-0.25, -0.2) is 0 Å². The predicted octanol–water partition coefficient (Wildman–Crippen LogP) is 3.62. The number of hydrazine groups is 1. The molecular formula is C17H28N2. The summed E-state index contributed by atoms with van der Waals surface area (Å²) in [6.07, 6.45) is 5.28. The first-order chi connectivity index (χ1) is 9.05. The maximum Gasteiger partial charge on any atom is 0.0330 e. The highest BCUT2D eigenvalue weighted by molar-refractivity contribution is 5.26. The van der Waals surface area contributed by atoms with Crippen molar-refractivity contribution in [2.45, 2.75) is 57.9 Å². The minimum Gasteiger partial charge on any atom is -0.271 e. The minimum absolute atomic E-state index is 0.0707. The summed E-state index contributed by atoms with van der Waals surface area (Å²) in [6, 6.07) is 11.1. The Hall–Kier alpha value is -0.860. The van der Waals surface area contributed by atoms with Gasteiger partial charge in [-0.3, -0.25) is 11.3 Å². The third-order valence-electron chi connectivity index (χ3n) is 5.01. The van der Waals surface area contributed by atoms with Crippen LogP contribution in [-0.4, -0.2) is 6.04 Å². The summed E-state index contributed by atoms with van der Waals surface area (Å²) in [5, 5.41) is 0. The molecule has 0 spiro atoms. The summed E-state index contributed by atoms with van der Waals surface area (Å²) in [5.74, 6) is 7.49. The number of rotatable bonds is 4. The molecule has 1 aromatic carbocycles. The van der Waals surface area contributed by atoms with Gasteiger partial charge in [0.25, 0.3) is 0 Å². The van der Waals surface area contributed by atoms with Crippen molar-refractivity contribution in [1.29, 1.82) is 0 Å². The Morgan fingerprint density at radius 2 is 1.68 bits per heavy atom. The molecule has 1 aromatic rings. The third kappa shape index (κ3) is 3.18. The van der Waals surface area contributed by atoms with E-state index in [1.165, 1.54) is 31.2 Å². The fraction of sp³-hybridized carbons (Fsp3) is 0.647. The molecule has 2 nitrogen and oxygen atoms in total. The largest absolute Gasteiger partial charge is 0.271 e. The van der Waals surface area contributed by atoms with Crippen LogP contribution in [0.2, 0.25) is 0 Å². The van der Waals surface area contributed by atoms with Crippen LogP contribution in [0.5, 0.6) is 0 Å². The second-order valence-electron chi connectivity index (χ2n) is 6.75. The quantitative estimate of drug-likeness (QED) is 0.641. The molecule has 3 N–H and O–H groups in total. The van der Waals surface area contributed by atoms with Crippen molar-refractivity contribution >= 4 is 0 Å². The predicted molar refractivity (Wildman–Crippen MR) is 81.7 cm³/mol. The summed E-state index contributed by atoms with van der Waals surface area (Å²) in [4.78, 5) is 0. The number of nitrogens with one attached hydrogen (secondary N) is 1. The van der Waals surface area contributed by atoms with Crippen LogP contribution in [0.25, 0.3) is 0 Å². The molecule has 0 amide bonds. The number of hydrogen-bond acceptors (Lipinski definition) is 2. The highest BCUT2D eigenvalue weighted by Gasteiger charge is 2.37. The smallest absolute Gasteiger partial charge is 0.0330 e.